The average molecular weight is 285 g/mol. The molecule has 1 fully saturated rings. The first-order valence-corrected chi connectivity index (χ1v) is 5.93. The molecule has 1 unspecified atom stereocenters. The quantitative estimate of drug-likeness (QED) is 0.818. The van der Waals surface area contributed by atoms with E-state index in [1.54, 1.807) is 18.2 Å². The Balaban J connectivity index is 2.02. The van der Waals surface area contributed by atoms with Gasteiger partial charge in [-0.05, 0) is 47.0 Å². The van der Waals surface area contributed by atoms with Crippen LogP contribution in [0.4, 0.5) is 11.4 Å². The van der Waals surface area contributed by atoms with E-state index in [1.807, 2.05) is 0 Å². The molecule has 0 spiro atoms. The standard InChI is InChI=1S/C11H13BrN2O2/c12-8-4-3-7(6-9(8)13)14-11(15)10-2-1-5-16-10/h3-4,6,10H,1-2,5,13H2,(H,14,15). The predicted molar refractivity (Wildman–Crippen MR) is 66.2 cm³/mol. The van der Waals surface area contributed by atoms with Gasteiger partial charge in [0.25, 0.3) is 5.91 Å². The number of amides is 1. The molecule has 0 saturated carbocycles. The third-order valence-electron chi connectivity index (χ3n) is 2.49. The van der Waals surface area contributed by atoms with Crippen molar-refractivity contribution >= 4 is 33.2 Å². The van der Waals surface area contributed by atoms with Gasteiger partial charge in [-0.3, -0.25) is 4.79 Å². The molecule has 1 heterocycles. The van der Waals surface area contributed by atoms with Crippen LogP contribution < -0.4 is 11.1 Å². The second kappa shape index (κ2) is 4.84. The highest BCUT2D eigenvalue weighted by Crippen LogP contribution is 2.23. The summed E-state index contributed by atoms with van der Waals surface area (Å²) in [5.74, 6) is -0.0979. The Bertz CT molecular complexity index is 403. The Kier molecular flexibility index (Phi) is 3.46. The largest absolute Gasteiger partial charge is 0.398 e. The number of anilines is 2. The minimum absolute atomic E-state index is 0.0979. The van der Waals surface area contributed by atoms with Crippen molar-refractivity contribution in [3.63, 3.8) is 0 Å². The molecule has 0 aliphatic carbocycles. The number of hydrogen-bond acceptors (Lipinski definition) is 3. The molecule has 0 radical (unpaired) electrons. The van der Waals surface area contributed by atoms with Gasteiger partial charge >= 0.3 is 0 Å². The third kappa shape index (κ3) is 2.54. The number of nitrogen functional groups attached to an aromatic ring is 1. The highest BCUT2D eigenvalue weighted by Gasteiger charge is 2.23. The van der Waals surface area contributed by atoms with Crippen LogP contribution in [0.1, 0.15) is 12.8 Å². The van der Waals surface area contributed by atoms with Gasteiger partial charge in [0.15, 0.2) is 0 Å². The molecular weight excluding hydrogens is 272 g/mol. The molecule has 16 heavy (non-hydrogen) atoms. The second-order valence-electron chi connectivity index (χ2n) is 3.73. The molecule has 1 saturated heterocycles. The number of hydrogen-bond donors (Lipinski definition) is 2. The Hall–Kier alpha value is -1.07. The molecular formula is C11H13BrN2O2. The summed E-state index contributed by atoms with van der Waals surface area (Å²) in [6.07, 6.45) is 1.42. The summed E-state index contributed by atoms with van der Waals surface area (Å²) in [6.45, 7) is 0.667. The van der Waals surface area contributed by atoms with Crippen LogP contribution in [-0.4, -0.2) is 18.6 Å². The second-order valence-corrected chi connectivity index (χ2v) is 4.58. The molecule has 1 aromatic rings. The van der Waals surface area contributed by atoms with Crippen molar-refractivity contribution in [3.05, 3.63) is 22.7 Å². The van der Waals surface area contributed by atoms with Crippen molar-refractivity contribution in [1.29, 1.82) is 0 Å². The summed E-state index contributed by atoms with van der Waals surface area (Å²) in [4.78, 5) is 11.7. The van der Waals surface area contributed by atoms with E-state index in [-0.39, 0.29) is 12.0 Å². The van der Waals surface area contributed by atoms with Gasteiger partial charge in [0.2, 0.25) is 0 Å². The smallest absolute Gasteiger partial charge is 0.253 e. The molecule has 3 N–H and O–H groups in total. The van der Waals surface area contributed by atoms with Crippen LogP contribution in [0.25, 0.3) is 0 Å². The lowest BCUT2D eigenvalue weighted by molar-refractivity contribution is -0.124. The van der Waals surface area contributed by atoms with E-state index in [2.05, 4.69) is 21.2 Å². The SMILES string of the molecule is Nc1cc(NC(=O)C2CCCO2)ccc1Br. The number of carbonyl (C=O) groups excluding carboxylic acids is 1. The lowest BCUT2D eigenvalue weighted by Gasteiger charge is -2.11. The minimum Gasteiger partial charge on any atom is -0.398 e. The van der Waals surface area contributed by atoms with E-state index in [4.69, 9.17) is 10.5 Å². The Morgan fingerprint density at radius 1 is 1.56 bits per heavy atom. The molecule has 5 heteroatoms. The van der Waals surface area contributed by atoms with Crippen molar-refractivity contribution < 1.29 is 9.53 Å². The molecule has 0 bridgehead atoms. The molecule has 2 rings (SSSR count). The van der Waals surface area contributed by atoms with Gasteiger partial charge in [-0.15, -0.1) is 0 Å². The van der Waals surface area contributed by atoms with Crippen molar-refractivity contribution in [2.24, 2.45) is 0 Å². The molecule has 1 aliphatic heterocycles. The first-order valence-electron chi connectivity index (χ1n) is 5.14. The Morgan fingerprint density at radius 3 is 3.00 bits per heavy atom. The van der Waals surface area contributed by atoms with E-state index in [0.717, 1.165) is 17.3 Å². The molecule has 1 atom stereocenters. The lowest BCUT2D eigenvalue weighted by atomic mass is 10.2. The van der Waals surface area contributed by atoms with E-state index in [9.17, 15) is 4.79 Å². The fourth-order valence-electron chi connectivity index (χ4n) is 1.63. The van der Waals surface area contributed by atoms with Gasteiger partial charge < -0.3 is 15.8 Å². The molecule has 1 amide bonds. The fourth-order valence-corrected chi connectivity index (χ4v) is 1.88. The van der Waals surface area contributed by atoms with Crippen LogP contribution in [-0.2, 0) is 9.53 Å². The number of rotatable bonds is 2. The van der Waals surface area contributed by atoms with Crippen LogP contribution in [0, 0.1) is 0 Å². The lowest BCUT2D eigenvalue weighted by Crippen LogP contribution is -2.26. The summed E-state index contributed by atoms with van der Waals surface area (Å²) in [7, 11) is 0. The number of ether oxygens (including phenoxy) is 1. The number of halogens is 1. The van der Waals surface area contributed by atoms with E-state index >= 15 is 0 Å². The molecule has 1 aromatic carbocycles. The zero-order chi connectivity index (χ0) is 11.5. The molecule has 4 nitrogen and oxygen atoms in total. The van der Waals surface area contributed by atoms with Crippen molar-refractivity contribution in [3.8, 4) is 0 Å². The number of nitrogens with one attached hydrogen (secondary N) is 1. The highest BCUT2D eigenvalue weighted by molar-refractivity contribution is 9.10. The van der Waals surface area contributed by atoms with Gasteiger partial charge in [0, 0.05) is 22.5 Å². The van der Waals surface area contributed by atoms with Crippen molar-refractivity contribution in [2.75, 3.05) is 17.7 Å². The van der Waals surface area contributed by atoms with Gasteiger partial charge in [0.1, 0.15) is 6.10 Å². The van der Waals surface area contributed by atoms with Crippen LogP contribution in [0.3, 0.4) is 0 Å². The maximum Gasteiger partial charge on any atom is 0.253 e. The van der Waals surface area contributed by atoms with Gasteiger partial charge in [0.05, 0.1) is 0 Å². The van der Waals surface area contributed by atoms with Gasteiger partial charge in [-0.25, -0.2) is 0 Å². The third-order valence-corrected chi connectivity index (χ3v) is 3.21. The summed E-state index contributed by atoms with van der Waals surface area (Å²) >= 11 is 3.30. The molecule has 86 valence electrons. The molecule has 1 aliphatic rings. The normalized spacial score (nSPS) is 19.7. The topological polar surface area (TPSA) is 64.3 Å². The summed E-state index contributed by atoms with van der Waals surface area (Å²) in [5.41, 5.74) is 7.02. The van der Waals surface area contributed by atoms with Crippen molar-refractivity contribution in [2.45, 2.75) is 18.9 Å². The van der Waals surface area contributed by atoms with Crippen LogP contribution >= 0.6 is 15.9 Å². The van der Waals surface area contributed by atoms with Crippen LogP contribution in [0.2, 0.25) is 0 Å². The summed E-state index contributed by atoms with van der Waals surface area (Å²) in [5, 5.41) is 2.79. The van der Waals surface area contributed by atoms with Crippen molar-refractivity contribution in [1.82, 2.24) is 0 Å². The predicted octanol–water partition coefficient (Wildman–Crippen LogP) is 2.15. The Morgan fingerprint density at radius 2 is 2.38 bits per heavy atom. The van der Waals surface area contributed by atoms with Crippen LogP contribution in [0.15, 0.2) is 22.7 Å². The fraction of sp³-hybridized carbons (Fsp3) is 0.364. The number of carbonyl (C=O) groups is 1. The van der Waals surface area contributed by atoms with E-state index in [1.165, 1.54) is 0 Å². The zero-order valence-electron chi connectivity index (χ0n) is 8.70. The summed E-state index contributed by atoms with van der Waals surface area (Å²) < 4.78 is 6.11. The Labute approximate surface area is 102 Å². The number of benzene rings is 1. The monoisotopic (exact) mass is 284 g/mol. The highest BCUT2D eigenvalue weighted by atomic mass is 79.9. The average Bonchev–Trinajstić information content (AvgIpc) is 2.77. The van der Waals surface area contributed by atoms with E-state index < -0.39 is 0 Å². The first kappa shape index (κ1) is 11.4. The maximum absolute atomic E-state index is 11.7. The van der Waals surface area contributed by atoms with Gasteiger partial charge in [-0.1, -0.05) is 0 Å². The first-order chi connectivity index (χ1) is 7.66. The van der Waals surface area contributed by atoms with Crippen LogP contribution in [0.5, 0.6) is 0 Å². The van der Waals surface area contributed by atoms with Gasteiger partial charge in [-0.2, -0.15) is 0 Å². The summed E-state index contributed by atoms with van der Waals surface area (Å²) in [6, 6.07) is 5.32. The minimum atomic E-state index is -0.315. The maximum atomic E-state index is 11.7. The number of nitrogens with two attached hydrogens (primary N) is 1. The zero-order valence-corrected chi connectivity index (χ0v) is 10.3. The van der Waals surface area contributed by atoms with E-state index in [0.29, 0.717) is 18.0 Å². The molecule has 0 aromatic heterocycles.